The highest BCUT2D eigenvalue weighted by Crippen LogP contribution is 2.34. The molecule has 0 aromatic heterocycles. The van der Waals surface area contributed by atoms with Crippen molar-refractivity contribution in [1.29, 1.82) is 0 Å². The van der Waals surface area contributed by atoms with Gasteiger partial charge in [0.2, 0.25) is 21.8 Å². The smallest absolute Gasteiger partial charge is 0.244 e. The zero-order chi connectivity index (χ0) is 31.1. The van der Waals surface area contributed by atoms with Crippen LogP contribution in [0.5, 0.6) is 11.5 Å². The molecule has 0 radical (unpaired) electrons. The van der Waals surface area contributed by atoms with Crippen LogP contribution in [0.1, 0.15) is 31.9 Å². The quantitative estimate of drug-likeness (QED) is 0.317. The van der Waals surface area contributed by atoms with Gasteiger partial charge in [0.25, 0.3) is 0 Å². The van der Waals surface area contributed by atoms with Gasteiger partial charge in [0.1, 0.15) is 24.1 Å². The molecule has 0 saturated carbocycles. The number of nitrogens with one attached hydrogen (secondary N) is 1. The predicted octanol–water partition coefficient (Wildman–Crippen LogP) is 4.68. The summed E-state index contributed by atoms with van der Waals surface area (Å²) in [4.78, 5) is 29.4. The molecule has 0 saturated heterocycles. The van der Waals surface area contributed by atoms with E-state index in [1.165, 1.54) is 31.3 Å². The highest BCUT2D eigenvalue weighted by molar-refractivity contribution is 7.92. The first-order chi connectivity index (χ1) is 19.7. The minimum atomic E-state index is -3.97. The summed E-state index contributed by atoms with van der Waals surface area (Å²) in [5.41, 5.74) is 1.11. The van der Waals surface area contributed by atoms with Gasteiger partial charge in [-0.15, -0.1) is 0 Å². The number of amides is 2. The van der Waals surface area contributed by atoms with Crippen LogP contribution in [0.4, 0.5) is 5.69 Å². The number of rotatable bonds is 12. The van der Waals surface area contributed by atoms with E-state index in [4.69, 9.17) is 21.1 Å². The van der Waals surface area contributed by atoms with Crippen LogP contribution in [-0.2, 0) is 32.6 Å². The summed E-state index contributed by atoms with van der Waals surface area (Å²) in [5, 5.41) is 3.47. The molecule has 0 unspecified atom stereocenters. The molecule has 9 nitrogen and oxygen atoms in total. The number of nitrogens with zero attached hydrogens (tertiary/aromatic N) is 2. The molecule has 0 aliphatic heterocycles. The van der Waals surface area contributed by atoms with Gasteiger partial charge in [0.05, 0.1) is 26.2 Å². The number of anilines is 1. The van der Waals surface area contributed by atoms with Crippen molar-refractivity contribution in [2.45, 2.75) is 45.3 Å². The molecule has 3 aromatic carbocycles. The van der Waals surface area contributed by atoms with E-state index in [1.54, 1.807) is 30.3 Å². The Morgan fingerprint density at radius 2 is 1.60 bits per heavy atom. The second-order valence-corrected chi connectivity index (χ2v) is 13.2. The summed E-state index contributed by atoms with van der Waals surface area (Å²) in [6.45, 7) is 5.01. The second kappa shape index (κ2) is 13.9. The number of ether oxygens (including phenoxy) is 2. The maximum Gasteiger partial charge on any atom is 0.244 e. The summed E-state index contributed by atoms with van der Waals surface area (Å²) in [6.07, 6.45) is 1.22. The van der Waals surface area contributed by atoms with Crippen molar-refractivity contribution < 1.29 is 27.5 Å². The van der Waals surface area contributed by atoms with Crippen LogP contribution in [0.25, 0.3) is 0 Å². The van der Waals surface area contributed by atoms with E-state index in [2.05, 4.69) is 5.32 Å². The first-order valence-corrected chi connectivity index (χ1v) is 15.5. The molecule has 2 amide bonds. The van der Waals surface area contributed by atoms with Crippen LogP contribution in [0.15, 0.2) is 72.8 Å². The number of carbonyl (C=O) groups is 2. The maximum absolute atomic E-state index is 14.2. The molecule has 0 fully saturated rings. The molecule has 0 aliphatic carbocycles. The monoisotopic (exact) mass is 615 g/mol. The molecule has 3 aromatic rings. The van der Waals surface area contributed by atoms with Gasteiger partial charge in [0.15, 0.2) is 0 Å². The standard InChI is InChI=1S/C31H38ClN3O6S/c1-31(2,3)33-30(37)27(18-22-11-8-7-9-12-22)34(20-23-13-10-14-24(32)17-23)29(36)21-35(42(6,38)39)26-16-15-25(40-4)19-28(26)41-5/h7-17,19,27H,18,20-21H2,1-6H3,(H,33,37)/t27-/m0/s1. The minimum absolute atomic E-state index is 0.0196. The molecule has 42 heavy (non-hydrogen) atoms. The van der Waals surface area contributed by atoms with E-state index in [0.717, 1.165) is 16.1 Å². The van der Waals surface area contributed by atoms with Crippen molar-refractivity contribution in [3.8, 4) is 11.5 Å². The molecule has 226 valence electrons. The first kappa shape index (κ1) is 32.8. The summed E-state index contributed by atoms with van der Waals surface area (Å²) >= 11 is 6.25. The Kier molecular flexibility index (Phi) is 10.9. The van der Waals surface area contributed by atoms with Crippen molar-refractivity contribution in [3.05, 3.63) is 88.9 Å². The molecule has 3 rings (SSSR count). The lowest BCUT2D eigenvalue weighted by Crippen LogP contribution is -2.56. The van der Waals surface area contributed by atoms with Gasteiger partial charge in [-0.1, -0.05) is 54.1 Å². The van der Waals surface area contributed by atoms with E-state index in [0.29, 0.717) is 16.3 Å². The third-order valence-electron chi connectivity index (χ3n) is 6.35. The lowest BCUT2D eigenvalue weighted by molar-refractivity contribution is -0.140. The van der Waals surface area contributed by atoms with Gasteiger partial charge in [-0.05, 0) is 56.2 Å². The fraction of sp³-hybridized carbons (Fsp3) is 0.355. The van der Waals surface area contributed by atoms with Crippen LogP contribution in [-0.4, -0.2) is 63.7 Å². The van der Waals surface area contributed by atoms with Crippen LogP contribution in [0.2, 0.25) is 5.02 Å². The zero-order valence-corrected chi connectivity index (χ0v) is 26.3. The van der Waals surface area contributed by atoms with E-state index >= 15 is 0 Å². The van der Waals surface area contributed by atoms with Gasteiger partial charge in [-0.25, -0.2) is 8.42 Å². The number of hydrogen-bond acceptors (Lipinski definition) is 6. The normalized spacial score (nSPS) is 12.3. The molecule has 0 spiro atoms. The van der Waals surface area contributed by atoms with E-state index in [-0.39, 0.29) is 30.3 Å². The van der Waals surface area contributed by atoms with Gasteiger partial charge in [-0.3, -0.25) is 13.9 Å². The minimum Gasteiger partial charge on any atom is -0.497 e. The first-order valence-electron chi connectivity index (χ1n) is 13.3. The van der Waals surface area contributed by atoms with Gasteiger partial charge in [-0.2, -0.15) is 0 Å². The summed E-state index contributed by atoms with van der Waals surface area (Å²) in [6, 6.07) is 20.0. The SMILES string of the molecule is COc1ccc(N(CC(=O)N(Cc2cccc(Cl)c2)[C@@H](Cc2ccccc2)C(=O)NC(C)(C)C)S(C)(=O)=O)c(OC)c1. The van der Waals surface area contributed by atoms with Crippen molar-refractivity contribution in [1.82, 2.24) is 10.2 Å². The van der Waals surface area contributed by atoms with Crippen LogP contribution in [0.3, 0.4) is 0 Å². The number of hydrogen-bond donors (Lipinski definition) is 1. The number of methoxy groups -OCH3 is 2. The average Bonchev–Trinajstić information content (AvgIpc) is 2.92. The van der Waals surface area contributed by atoms with E-state index in [1.807, 2.05) is 51.1 Å². The van der Waals surface area contributed by atoms with Crippen LogP contribution < -0.4 is 19.1 Å². The molecule has 1 N–H and O–H groups in total. The lowest BCUT2D eigenvalue weighted by Gasteiger charge is -2.35. The molecule has 0 heterocycles. The number of halogens is 1. The topological polar surface area (TPSA) is 105 Å². The Morgan fingerprint density at radius 3 is 2.17 bits per heavy atom. The van der Waals surface area contributed by atoms with E-state index < -0.39 is 34.1 Å². The summed E-state index contributed by atoms with van der Waals surface area (Å²) < 4.78 is 37.8. The van der Waals surface area contributed by atoms with E-state index in [9.17, 15) is 18.0 Å². The van der Waals surface area contributed by atoms with Gasteiger partial charge >= 0.3 is 0 Å². The van der Waals surface area contributed by atoms with Gasteiger partial charge < -0.3 is 19.7 Å². The number of sulfonamides is 1. The molecule has 0 aliphatic rings. The molecular weight excluding hydrogens is 578 g/mol. The fourth-order valence-electron chi connectivity index (χ4n) is 4.42. The molecule has 1 atom stereocenters. The molecule has 0 bridgehead atoms. The number of benzene rings is 3. The number of carbonyl (C=O) groups excluding carboxylic acids is 2. The fourth-order valence-corrected chi connectivity index (χ4v) is 5.49. The lowest BCUT2D eigenvalue weighted by atomic mass is 10.0. The Labute approximate surface area is 253 Å². The average molecular weight is 616 g/mol. The zero-order valence-electron chi connectivity index (χ0n) is 24.8. The van der Waals surface area contributed by atoms with Crippen molar-refractivity contribution in [3.63, 3.8) is 0 Å². The Bertz CT molecular complexity index is 1490. The Balaban J connectivity index is 2.11. The highest BCUT2D eigenvalue weighted by Gasteiger charge is 2.35. The Morgan fingerprint density at radius 1 is 0.929 bits per heavy atom. The van der Waals surface area contributed by atoms with Crippen molar-refractivity contribution in [2.75, 3.05) is 31.3 Å². The summed E-state index contributed by atoms with van der Waals surface area (Å²) in [7, 11) is -1.09. The second-order valence-electron chi connectivity index (χ2n) is 10.9. The third kappa shape index (κ3) is 9.12. The van der Waals surface area contributed by atoms with Crippen molar-refractivity contribution >= 4 is 39.1 Å². The summed E-state index contributed by atoms with van der Waals surface area (Å²) in [5.74, 6) is -0.280. The predicted molar refractivity (Wildman–Crippen MR) is 166 cm³/mol. The maximum atomic E-state index is 14.2. The molecule has 11 heteroatoms. The third-order valence-corrected chi connectivity index (χ3v) is 7.71. The van der Waals surface area contributed by atoms with Crippen molar-refractivity contribution in [2.24, 2.45) is 0 Å². The van der Waals surface area contributed by atoms with Crippen LogP contribution in [0, 0.1) is 0 Å². The largest absolute Gasteiger partial charge is 0.497 e. The van der Waals surface area contributed by atoms with Crippen LogP contribution >= 0.6 is 11.6 Å². The Hall–Kier alpha value is -3.76. The molecular formula is C31H38ClN3O6S. The highest BCUT2D eigenvalue weighted by atomic mass is 35.5. The van der Waals surface area contributed by atoms with Gasteiger partial charge in [0, 0.05) is 29.6 Å².